The van der Waals surface area contributed by atoms with Gasteiger partial charge >= 0.3 is 0 Å². The zero-order valence-corrected chi connectivity index (χ0v) is 13.1. The number of halogens is 2. The fourth-order valence-electron chi connectivity index (χ4n) is 3.14. The lowest BCUT2D eigenvalue weighted by molar-refractivity contribution is 0.961. The predicted octanol–water partition coefficient (Wildman–Crippen LogP) is 5.22. The van der Waals surface area contributed by atoms with Gasteiger partial charge in [0.25, 0.3) is 0 Å². The molecule has 4 heteroatoms. The first kappa shape index (κ1) is 13.2. The normalized spacial score (nSPS) is 20.9. The van der Waals surface area contributed by atoms with Gasteiger partial charge in [0.05, 0.1) is 5.69 Å². The lowest BCUT2D eigenvalue weighted by Gasteiger charge is -2.02. The molecule has 2 aromatic heterocycles. The van der Waals surface area contributed by atoms with Gasteiger partial charge in [-0.2, -0.15) is 0 Å². The summed E-state index contributed by atoms with van der Waals surface area (Å²) in [7, 11) is 0. The van der Waals surface area contributed by atoms with E-state index in [0.29, 0.717) is 21.9 Å². The van der Waals surface area contributed by atoms with Crippen molar-refractivity contribution in [1.29, 1.82) is 0 Å². The Morgan fingerprint density at radius 3 is 2.57 bits per heavy atom. The van der Waals surface area contributed by atoms with Gasteiger partial charge in [-0.05, 0) is 55.2 Å². The van der Waals surface area contributed by atoms with Crippen LogP contribution < -0.4 is 0 Å². The summed E-state index contributed by atoms with van der Waals surface area (Å²) < 4.78 is 2.15. The summed E-state index contributed by atoms with van der Waals surface area (Å²) in [6, 6.07) is 11.9. The Morgan fingerprint density at radius 1 is 1.10 bits per heavy atom. The van der Waals surface area contributed by atoms with E-state index in [9.17, 15) is 0 Å². The maximum Gasteiger partial charge on any atom is 0.137 e. The molecule has 4 rings (SSSR count). The van der Waals surface area contributed by atoms with Gasteiger partial charge in [-0.25, -0.2) is 4.98 Å². The lowest BCUT2D eigenvalue weighted by Crippen LogP contribution is -1.90. The number of hydrogen-bond acceptors (Lipinski definition) is 1. The van der Waals surface area contributed by atoms with Crippen molar-refractivity contribution in [3.63, 3.8) is 0 Å². The first-order chi connectivity index (χ1) is 10.1. The number of rotatable bonds is 2. The Bertz CT molecular complexity index is 818. The molecule has 1 saturated carbocycles. The van der Waals surface area contributed by atoms with Gasteiger partial charge in [0.2, 0.25) is 0 Å². The van der Waals surface area contributed by atoms with Crippen LogP contribution in [0.3, 0.4) is 0 Å². The van der Waals surface area contributed by atoms with Crippen molar-refractivity contribution in [1.82, 2.24) is 9.38 Å². The monoisotopic (exact) mass is 316 g/mol. The highest BCUT2D eigenvalue weighted by molar-refractivity contribution is 6.34. The first-order valence-corrected chi connectivity index (χ1v) is 7.78. The second-order valence-electron chi connectivity index (χ2n) is 5.66. The van der Waals surface area contributed by atoms with Crippen molar-refractivity contribution in [2.45, 2.75) is 25.2 Å². The van der Waals surface area contributed by atoms with E-state index in [4.69, 9.17) is 28.2 Å². The van der Waals surface area contributed by atoms with Gasteiger partial charge in [-0.3, -0.25) is 0 Å². The number of benzene rings is 1. The summed E-state index contributed by atoms with van der Waals surface area (Å²) in [6.45, 7) is 2.13. The fraction of sp³-hybridized carbons (Fsp3) is 0.235. The van der Waals surface area contributed by atoms with Crippen molar-refractivity contribution < 1.29 is 0 Å². The molecule has 0 amide bonds. The Kier molecular flexibility index (Phi) is 2.98. The number of hydrogen-bond donors (Lipinski definition) is 0. The van der Waals surface area contributed by atoms with E-state index in [1.807, 2.05) is 30.3 Å². The quantitative estimate of drug-likeness (QED) is 0.633. The molecule has 106 valence electrons. The van der Waals surface area contributed by atoms with E-state index in [0.717, 1.165) is 12.1 Å². The van der Waals surface area contributed by atoms with Crippen LogP contribution in [0.2, 0.25) is 10.0 Å². The van der Waals surface area contributed by atoms with Crippen molar-refractivity contribution in [2.75, 3.05) is 0 Å². The van der Waals surface area contributed by atoms with Crippen molar-refractivity contribution in [2.24, 2.45) is 0 Å². The van der Waals surface area contributed by atoms with Crippen molar-refractivity contribution >= 4 is 28.8 Å². The molecule has 0 bridgehead atoms. The topological polar surface area (TPSA) is 17.3 Å². The predicted molar refractivity (Wildman–Crippen MR) is 86.5 cm³/mol. The molecule has 21 heavy (non-hydrogen) atoms. The smallest absolute Gasteiger partial charge is 0.137 e. The molecule has 1 aliphatic rings. The summed E-state index contributed by atoms with van der Waals surface area (Å²) in [5, 5.41) is 1.41. The van der Waals surface area contributed by atoms with Crippen LogP contribution in [-0.4, -0.2) is 9.38 Å². The van der Waals surface area contributed by atoms with Gasteiger partial charge in [-0.15, -0.1) is 0 Å². The molecule has 1 fully saturated rings. The van der Waals surface area contributed by atoms with Crippen molar-refractivity contribution in [3.8, 4) is 0 Å². The number of aromatic nitrogens is 2. The Balaban J connectivity index is 1.71. The third kappa shape index (κ3) is 2.23. The maximum atomic E-state index is 6.11. The highest BCUT2D eigenvalue weighted by atomic mass is 35.5. The minimum atomic E-state index is 0.472. The SMILES string of the molecule is Cc1c([C@H]2C[C@@H]2c2cc(Cl)cc(Cl)c2)nc2ccccn12. The molecule has 1 aliphatic carbocycles. The van der Waals surface area contributed by atoms with Gasteiger partial charge in [0.15, 0.2) is 0 Å². The molecule has 2 nitrogen and oxygen atoms in total. The van der Waals surface area contributed by atoms with E-state index in [1.54, 1.807) is 6.07 Å². The van der Waals surface area contributed by atoms with Crippen LogP contribution in [0.4, 0.5) is 0 Å². The standard InChI is InChI=1S/C17H14Cl2N2/c1-10-17(20-16-4-2-3-5-21(10)16)15-9-14(15)11-6-12(18)8-13(19)7-11/h2-8,14-15H,9H2,1H3/t14-,15+/m1/s1. The molecule has 2 atom stereocenters. The molecule has 0 unspecified atom stereocenters. The third-order valence-electron chi connectivity index (χ3n) is 4.26. The maximum absolute atomic E-state index is 6.11. The zero-order valence-electron chi connectivity index (χ0n) is 11.6. The van der Waals surface area contributed by atoms with Crippen LogP contribution in [0.1, 0.15) is 35.2 Å². The van der Waals surface area contributed by atoms with Crippen LogP contribution in [0, 0.1) is 6.92 Å². The Morgan fingerprint density at radius 2 is 1.86 bits per heavy atom. The molecular weight excluding hydrogens is 303 g/mol. The van der Waals surface area contributed by atoms with Crippen molar-refractivity contribution in [3.05, 3.63) is 69.6 Å². The number of nitrogens with zero attached hydrogens (tertiary/aromatic N) is 2. The summed E-state index contributed by atoms with van der Waals surface area (Å²) in [5.74, 6) is 0.948. The average Bonchev–Trinajstić information content (AvgIpc) is 3.17. The van der Waals surface area contributed by atoms with Crippen LogP contribution >= 0.6 is 23.2 Å². The minimum Gasteiger partial charge on any atom is -0.304 e. The number of fused-ring (bicyclic) bond motifs is 1. The fourth-order valence-corrected chi connectivity index (χ4v) is 3.69. The summed E-state index contributed by atoms with van der Waals surface area (Å²) in [5.41, 5.74) is 4.65. The van der Waals surface area contributed by atoms with E-state index in [1.165, 1.54) is 17.0 Å². The third-order valence-corrected chi connectivity index (χ3v) is 4.70. The molecule has 0 saturated heterocycles. The first-order valence-electron chi connectivity index (χ1n) is 7.03. The highest BCUT2D eigenvalue weighted by Gasteiger charge is 2.42. The second kappa shape index (κ2) is 4.75. The van der Waals surface area contributed by atoms with Gasteiger partial charge < -0.3 is 4.40 Å². The van der Waals surface area contributed by atoms with E-state index in [-0.39, 0.29) is 0 Å². The molecule has 0 N–H and O–H groups in total. The lowest BCUT2D eigenvalue weighted by atomic mass is 10.1. The second-order valence-corrected chi connectivity index (χ2v) is 6.54. The Labute approximate surface area is 133 Å². The highest BCUT2D eigenvalue weighted by Crippen LogP contribution is 2.55. The van der Waals surface area contributed by atoms with E-state index in [2.05, 4.69) is 17.5 Å². The minimum absolute atomic E-state index is 0.472. The van der Waals surface area contributed by atoms with Crippen LogP contribution in [0.25, 0.3) is 5.65 Å². The van der Waals surface area contributed by atoms with Gasteiger partial charge in [0, 0.05) is 27.9 Å². The number of aryl methyl sites for hydroxylation is 1. The van der Waals surface area contributed by atoms with E-state index < -0.39 is 0 Å². The Hall–Kier alpha value is -1.51. The number of pyridine rings is 1. The van der Waals surface area contributed by atoms with Crippen LogP contribution in [-0.2, 0) is 0 Å². The molecule has 0 radical (unpaired) electrons. The zero-order chi connectivity index (χ0) is 14.6. The molecular formula is C17H14Cl2N2. The van der Waals surface area contributed by atoms with Gasteiger partial charge in [0.1, 0.15) is 5.65 Å². The van der Waals surface area contributed by atoms with Crippen LogP contribution in [0.5, 0.6) is 0 Å². The molecule has 3 aromatic rings. The summed E-state index contributed by atoms with van der Waals surface area (Å²) in [4.78, 5) is 4.79. The average molecular weight is 317 g/mol. The van der Waals surface area contributed by atoms with Crippen LogP contribution in [0.15, 0.2) is 42.6 Å². The largest absolute Gasteiger partial charge is 0.304 e. The molecule has 0 spiro atoms. The van der Waals surface area contributed by atoms with E-state index >= 15 is 0 Å². The van der Waals surface area contributed by atoms with Gasteiger partial charge in [-0.1, -0.05) is 29.3 Å². The molecule has 1 aromatic carbocycles. The number of imidazole rings is 1. The summed E-state index contributed by atoms with van der Waals surface area (Å²) in [6.07, 6.45) is 3.18. The molecule has 2 heterocycles. The summed E-state index contributed by atoms with van der Waals surface area (Å²) >= 11 is 12.2. The molecule has 0 aliphatic heterocycles.